The second kappa shape index (κ2) is 8.30. The van der Waals surface area contributed by atoms with Gasteiger partial charge in [-0.1, -0.05) is 12.8 Å². The maximum atomic E-state index is 5.60. The van der Waals surface area contributed by atoms with E-state index in [4.69, 9.17) is 9.47 Å². The van der Waals surface area contributed by atoms with Crippen LogP contribution in [-0.2, 0) is 0 Å². The van der Waals surface area contributed by atoms with Crippen molar-refractivity contribution in [2.45, 2.75) is 37.0 Å². The lowest BCUT2D eigenvalue weighted by atomic mass is 10.1. The third-order valence-corrected chi connectivity index (χ3v) is 6.26. The SMILES string of the molecule is CNC(CSC1CCCC1)c1ccc(OC)c(Br)c1OC. The van der Waals surface area contributed by atoms with E-state index >= 15 is 0 Å². The van der Waals surface area contributed by atoms with Gasteiger partial charge < -0.3 is 14.8 Å². The Balaban J connectivity index is 2.14. The van der Waals surface area contributed by atoms with Gasteiger partial charge >= 0.3 is 0 Å². The van der Waals surface area contributed by atoms with Crippen molar-refractivity contribution in [2.24, 2.45) is 0 Å². The van der Waals surface area contributed by atoms with Gasteiger partial charge in [-0.3, -0.25) is 0 Å². The number of benzene rings is 1. The highest BCUT2D eigenvalue weighted by atomic mass is 79.9. The van der Waals surface area contributed by atoms with Gasteiger partial charge in [0.25, 0.3) is 0 Å². The third-order valence-electron chi connectivity index (χ3n) is 4.04. The van der Waals surface area contributed by atoms with Crippen LogP contribution in [0.3, 0.4) is 0 Å². The first-order valence-corrected chi connectivity index (χ1v) is 9.24. The summed E-state index contributed by atoms with van der Waals surface area (Å²) in [5.74, 6) is 2.73. The molecule has 3 nitrogen and oxygen atoms in total. The summed E-state index contributed by atoms with van der Waals surface area (Å²) in [6.45, 7) is 0. The number of halogens is 1. The highest BCUT2D eigenvalue weighted by Crippen LogP contribution is 2.41. The van der Waals surface area contributed by atoms with E-state index in [1.807, 2.05) is 13.1 Å². The molecule has 0 bridgehead atoms. The number of nitrogens with one attached hydrogen (secondary N) is 1. The first-order valence-electron chi connectivity index (χ1n) is 7.40. The van der Waals surface area contributed by atoms with Crippen LogP contribution in [0, 0.1) is 0 Å². The van der Waals surface area contributed by atoms with Crippen molar-refractivity contribution in [3.05, 3.63) is 22.2 Å². The maximum Gasteiger partial charge on any atom is 0.141 e. The predicted molar refractivity (Wildman–Crippen MR) is 93.8 cm³/mol. The molecule has 1 aromatic carbocycles. The first-order chi connectivity index (χ1) is 10.2. The molecular formula is C16H24BrNO2S. The molecule has 0 heterocycles. The smallest absolute Gasteiger partial charge is 0.141 e. The van der Waals surface area contributed by atoms with Crippen LogP contribution in [-0.4, -0.2) is 32.3 Å². The summed E-state index contributed by atoms with van der Waals surface area (Å²) in [7, 11) is 5.39. The minimum atomic E-state index is 0.285. The molecule has 1 aromatic rings. The normalized spacial score (nSPS) is 17.0. The number of hydrogen-bond acceptors (Lipinski definition) is 4. The summed E-state index contributed by atoms with van der Waals surface area (Å²) in [5, 5.41) is 4.25. The second-order valence-corrected chi connectivity index (χ2v) is 7.41. The highest BCUT2D eigenvalue weighted by Gasteiger charge is 2.22. The summed E-state index contributed by atoms with van der Waals surface area (Å²) in [5.41, 5.74) is 1.18. The zero-order chi connectivity index (χ0) is 15.2. The molecule has 1 atom stereocenters. The molecule has 1 fully saturated rings. The van der Waals surface area contributed by atoms with E-state index in [1.54, 1.807) is 14.2 Å². The molecule has 21 heavy (non-hydrogen) atoms. The molecule has 0 aromatic heterocycles. The van der Waals surface area contributed by atoms with Crippen LogP contribution in [0.5, 0.6) is 11.5 Å². The van der Waals surface area contributed by atoms with Gasteiger partial charge in [-0.25, -0.2) is 0 Å². The van der Waals surface area contributed by atoms with Crippen molar-refractivity contribution in [2.75, 3.05) is 27.0 Å². The van der Waals surface area contributed by atoms with Gasteiger partial charge in [-0.2, -0.15) is 11.8 Å². The molecule has 5 heteroatoms. The van der Waals surface area contributed by atoms with E-state index in [-0.39, 0.29) is 6.04 Å². The Bertz CT molecular complexity index is 464. The van der Waals surface area contributed by atoms with Crippen LogP contribution in [0.1, 0.15) is 37.3 Å². The van der Waals surface area contributed by atoms with Gasteiger partial charge in [-0.15, -0.1) is 0 Å². The summed E-state index contributed by atoms with van der Waals surface area (Å²) in [6, 6.07) is 4.37. The third kappa shape index (κ3) is 4.08. The molecule has 0 saturated heterocycles. The lowest BCUT2D eigenvalue weighted by molar-refractivity contribution is 0.382. The number of rotatable bonds is 7. The second-order valence-electron chi connectivity index (χ2n) is 5.29. The minimum absolute atomic E-state index is 0.285. The van der Waals surface area contributed by atoms with E-state index in [0.29, 0.717) is 0 Å². The monoisotopic (exact) mass is 373 g/mol. The number of hydrogen-bond donors (Lipinski definition) is 1. The molecule has 1 unspecified atom stereocenters. The average molecular weight is 374 g/mol. The van der Waals surface area contributed by atoms with Crippen molar-refractivity contribution >= 4 is 27.7 Å². The number of ether oxygens (including phenoxy) is 2. The van der Waals surface area contributed by atoms with Gasteiger partial charge in [0.05, 0.1) is 14.2 Å². The Hall–Kier alpha value is -0.390. The predicted octanol–water partition coefficient (Wildman–Crippen LogP) is 4.40. The molecule has 1 saturated carbocycles. The van der Waals surface area contributed by atoms with E-state index in [0.717, 1.165) is 27.0 Å². The topological polar surface area (TPSA) is 30.5 Å². The quantitative estimate of drug-likeness (QED) is 0.766. The van der Waals surface area contributed by atoms with Crippen LogP contribution in [0.4, 0.5) is 0 Å². The van der Waals surface area contributed by atoms with E-state index in [9.17, 15) is 0 Å². The summed E-state index contributed by atoms with van der Waals surface area (Å²) < 4.78 is 11.8. The molecule has 1 aliphatic rings. The van der Waals surface area contributed by atoms with Gasteiger partial charge in [0.15, 0.2) is 0 Å². The van der Waals surface area contributed by atoms with Gasteiger partial charge in [-0.05, 0) is 48.0 Å². The van der Waals surface area contributed by atoms with E-state index < -0.39 is 0 Å². The zero-order valence-corrected chi connectivity index (χ0v) is 15.4. The van der Waals surface area contributed by atoms with Crippen LogP contribution in [0.15, 0.2) is 16.6 Å². The number of thioether (sulfide) groups is 1. The fraction of sp³-hybridized carbons (Fsp3) is 0.625. The van der Waals surface area contributed by atoms with Crippen molar-refractivity contribution in [3.63, 3.8) is 0 Å². The Kier molecular flexibility index (Phi) is 6.71. The van der Waals surface area contributed by atoms with Gasteiger partial charge in [0.2, 0.25) is 0 Å². The van der Waals surface area contributed by atoms with Crippen LogP contribution in [0.25, 0.3) is 0 Å². The molecule has 0 amide bonds. The minimum Gasteiger partial charge on any atom is -0.495 e. The van der Waals surface area contributed by atoms with Crippen molar-refractivity contribution < 1.29 is 9.47 Å². The molecule has 0 aliphatic heterocycles. The Morgan fingerprint density at radius 3 is 2.57 bits per heavy atom. The summed E-state index contributed by atoms with van der Waals surface area (Å²) in [6.07, 6.45) is 5.51. The van der Waals surface area contributed by atoms with Crippen LogP contribution >= 0.6 is 27.7 Å². The van der Waals surface area contributed by atoms with Crippen molar-refractivity contribution in [1.82, 2.24) is 5.32 Å². The lowest BCUT2D eigenvalue weighted by Gasteiger charge is -2.22. The molecule has 0 spiro atoms. The van der Waals surface area contributed by atoms with Crippen molar-refractivity contribution in [3.8, 4) is 11.5 Å². The molecule has 0 radical (unpaired) electrons. The maximum absolute atomic E-state index is 5.60. The summed E-state index contributed by atoms with van der Waals surface area (Å²) in [4.78, 5) is 0. The van der Waals surface area contributed by atoms with Crippen molar-refractivity contribution in [1.29, 1.82) is 0 Å². The molecule has 2 rings (SSSR count). The fourth-order valence-electron chi connectivity index (χ4n) is 2.81. The van der Waals surface area contributed by atoms with Crippen LogP contribution in [0.2, 0.25) is 0 Å². The average Bonchev–Trinajstić information content (AvgIpc) is 3.01. The van der Waals surface area contributed by atoms with Gasteiger partial charge in [0.1, 0.15) is 16.0 Å². The standard InChI is InChI=1S/C16H24BrNO2S/c1-18-13(10-21-11-6-4-5-7-11)12-8-9-14(19-2)15(17)16(12)20-3/h8-9,11,13,18H,4-7,10H2,1-3H3. The fourth-order valence-corrected chi connectivity index (χ4v) is 4.97. The molecule has 118 valence electrons. The Morgan fingerprint density at radius 1 is 1.29 bits per heavy atom. The Labute approximate surface area is 140 Å². The van der Waals surface area contributed by atoms with E-state index in [2.05, 4.69) is 39.1 Å². The molecular weight excluding hydrogens is 350 g/mol. The highest BCUT2D eigenvalue weighted by molar-refractivity contribution is 9.10. The summed E-state index contributed by atoms with van der Waals surface area (Å²) >= 11 is 5.66. The lowest BCUT2D eigenvalue weighted by Crippen LogP contribution is -2.20. The Morgan fingerprint density at radius 2 is 2.00 bits per heavy atom. The number of methoxy groups -OCH3 is 2. The van der Waals surface area contributed by atoms with E-state index in [1.165, 1.54) is 31.2 Å². The molecule has 1 N–H and O–H groups in total. The van der Waals surface area contributed by atoms with Gasteiger partial charge in [0, 0.05) is 22.6 Å². The van der Waals surface area contributed by atoms with Crippen LogP contribution < -0.4 is 14.8 Å². The largest absolute Gasteiger partial charge is 0.495 e. The molecule has 1 aliphatic carbocycles. The first kappa shape index (κ1) is 17.0. The zero-order valence-electron chi connectivity index (χ0n) is 12.9.